The van der Waals surface area contributed by atoms with Crippen molar-refractivity contribution in [2.75, 3.05) is 6.54 Å². The Labute approximate surface area is 200 Å². The number of allylic oxidation sites excluding steroid dienone is 1. The summed E-state index contributed by atoms with van der Waals surface area (Å²) in [4.78, 5) is 12.6. The Morgan fingerprint density at radius 1 is 1.30 bits per heavy atom. The number of hydrogen-bond acceptors (Lipinski definition) is 4. The topological polar surface area (TPSA) is 75.4 Å². The molecule has 0 radical (unpaired) electrons. The molecule has 2 unspecified atom stereocenters. The Morgan fingerprint density at radius 3 is 2.85 bits per heavy atom. The lowest BCUT2D eigenvalue weighted by atomic mass is 9.96. The molecule has 0 saturated carbocycles. The van der Waals surface area contributed by atoms with E-state index in [-0.39, 0.29) is 17.0 Å². The second-order valence-electron chi connectivity index (χ2n) is 7.78. The summed E-state index contributed by atoms with van der Waals surface area (Å²) in [5, 5.41) is 18.4. The van der Waals surface area contributed by atoms with Gasteiger partial charge in [0.2, 0.25) is 0 Å². The second-order valence-corrected chi connectivity index (χ2v) is 8.88. The van der Waals surface area contributed by atoms with Gasteiger partial charge in [0.25, 0.3) is 5.91 Å². The number of aromatic nitrogens is 1. The SMILES string of the molecule is CCC/C=C(/CCNC(=O)c1cc(C(O)c2cc(P)ccc2F)on1)c1cc(Cl)ccc1C. The molecule has 3 aromatic rings. The van der Waals surface area contributed by atoms with E-state index >= 15 is 0 Å². The van der Waals surface area contributed by atoms with Crippen molar-refractivity contribution in [2.45, 2.75) is 39.2 Å². The summed E-state index contributed by atoms with van der Waals surface area (Å²) in [6, 6.07) is 11.4. The van der Waals surface area contributed by atoms with Gasteiger partial charge in [0.15, 0.2) is 11.5 Å². The number of amides is 1. The number of aryl methyl sites for hydroxylation is 1. The normalized spacial score (nSPS) is 12.6. The number of unbranched alkanes of at least 4 members (excludes halogenated alkanes) is 1. The van der Waals surface area contributed by atoms with Gasteiger partial charge in [-0.25, -0.2) is 4.39 Å². The minimum absolute atomic E-state index is 0.00673. The molecular weight excluding hydrogens is 462 g/mol. The Balaban J connectivity index is 1.66. The van der Waals surface area contributed by atoms with Crippen LogP contribution in [-0.2, 0) is 0 Å². The highest BCUT2D eigenvalue weighted by atomic mass is 35.5. The number of aliphatic hydroxyl groups is 1. The first kappa shape index (κ1) is 25.1. The molecule has 1 amide bonds. The van der Waals surface area contributed by atoms with Gasteiger partial charge in [-0.1, -0.05) is 48.3 Å². The third-order valence-electron chi connectivity index (χ3n) is 5.25. The van der Waals surface area contributed by atoms with Crippen molar-refractivity contribution in [1.29, 1.82) is 0 Å². The third kappa shape index (κ3) is 6.50. The van der Waals surface area contributed by atoms with Crippen LogP contribution in [0.4, 0.5) is 4.39 Å². The first-order valence-corrected chi connectivity index (χ1v) is 11.7. The molecule has 0 bridgehead atoms. The predicted octanol–water partition coefficient (Wildman–Crippen LogP) is 5.36. The van der Waals surface area contributed by atoms with Crippen molar-refractivity contribution < 1.29 is 18.8 Å². The smallest absolute Gasteiger partial charge is 0.273 e. The van der Waals surface area contributed by atoms with Crippen molar-refractivity contribution in [3.05, 3.63) is 87.5 Å². The van der Waals surface area contributed by atoms with Crippen molar-refractivity contribution in [2.24, 2.45) is 0 Å². The van der Waals surface area contributed by atoms with Crippen LogP contribution in [0.5, 0.6) is 0 Å². The van der Waals surface area contributed by atoms with Crippen LogP contribution in [0.3, 0.4) is 0 Å². The number of hydrogen-bond donors (Lipinski definition) is 2. The number of benzene rings is 2. The number of rotatable bonds is 9. The van der Waals surface area contributed by atoms with Crippen LogP contribution in [0.1, 0.15) is 65.2 Å². The summed E-state index contributed by atoms with van der Waals surface area (Å²) in [5.41, 5.74) is 3.36. The largest absolute Gasteiger partial charge is 0.380 e. The quantitative estimate of drug-likeness (QED) is 0.397. The van der Waals surface area contributed by atoms with Gasteiger partial charge in [0.05, 0.1) is 0 Å². The van der Waals surface area contributed by atoms with E-state index in [9.17, 15) is 14.3 Å². The number of nitrogens with zero attached hydrogens (tertiary/aromatic N) is 1. The van der Waals surface area contributed by atoms with Gasteiger partial charge in [-0.15, -0.1) is 9.24 Å². The molecule has 0 aliphatic rings. The average Bonchev–Trinajstić information content (AvgIpc) is 3.29. The van der Waals surface area contributed by atoms with Gasteiger partial charge in [-0.05, 0) is 66.0 Å². The van der Waals surface area contributed by atoms with Crippen LogP contribution in [0.15, 0.2) is 53.1 Å². The lowest BCUT2D eigenvalue weighted by Gasteiger charge is -2.12. The van der Waals surface area contributed by atoms with Gasteiger partial charge >= 0.3 is 0 Å². The fourth-order valence-electron chi connectivity index (χ4n) is 3.46. The van der Waals surface area contributed by atoms with Crippen LogP contribution in [-0.4, -0.2) is 22.7 Å². The minimum Gasteiger partial charge on any atom is -0.380 e. The second kappa shape index (κ2) is 11.6. The summed E-state index contributed by atoms with van der Waals surface area (Å²) in [6.45, 7) is 4.52. The van der Waals surface area contributed by atoms with E-state index in [0.29, 0.717) is 23.3 Å². The van der Waals surface area contributed by atoms with Crippen LogP contribution >= 0.6 is 20.8 Å². The number of aliphatic hydroxyl groups excluding tert-OH is 1. The highest BCUT2D eigenvalue weighted by molar-refractivity contribution is 7.27. The van der Waals surface area contributed by atoms with Crippen molar-refractivity contribution in [3.63, 3.8) is 0 Å². The van der Waals surface area contributed by atoms with Crippen molar-refractivity contribution in [3.8, 4) is 0 Å². The molecule has 2 aromatic carbocycles. The number of halogens is 2. The molecule has 5 nitrogen and oxygen atoms in total. The minimum atomic E-state index is -1.37. The molecule has 174 valence electrons. The molecule has 1 heterocycles. The Hall–Kier alpha value is -2.53. The number of carbonyl (C=O) groups excluding carboxylic acids is 1. The molecule has 3 rings (SSSR count). The molecule has 1 aromatic heterocycles. The van der Waals surface area contributed by atoms with E-state index in [0.717, 1.165) is 29.5 Å². The van der Waals surface area contributed by atoms with Gasteiger partial charge in [-0.3, -0.25) is 4.79 Å². The monoisotopic (exact) mass is 488 g/mol. The number of carbonyl (C=O) groups is 1. The van der Waals surface area contributed by atoms with Gasteiger partial charge in [-0.2, -0.15) is 0 Å². The van der Waals surface area contributed by atoms with Crippen LogP contribution in [0.2, 0.25) is 5.02 Å². The fraction of sp³-hybridized carbons (Fsp3) is 0.280. The van der Waals surface area contributed by atoms with E-state index in [2.05, 4.69) is 32.7 Å². The zero-order valence-electron chi connectivity index (χ0n) is 18.6. The zero-order chi connectivity index (χ0) is 24.0. The zero-order valence-corrected chi connectivity index (χ0v) is 20.5. The maximum absolute atomic E-state index is 14.1. The maximum atomic E-state index is 14.1. The number of nitrogens with one attached hydrogen (secondary N) is 1. The van der Waals surface area contributed by atoms with E-state index in [1.54, 1.807) is 6.07 Å². The first-order valence-electron chi connectivity index (χ1n) is 10.7. The van der Waals surface area contributed by atoms with Crippen molar-refractivity contribution in [1.82, 2.24) is 10.5 Å². The van der Waals surface area contributed by atoms with Crippen LogP contribution in [0, 0.1) is 12.7 Å². The molecule has 0 fully saturated rings. The van der Waals surface area contributed by atoms with Gasteiger partial charge in [0, 0.05) is 23.2 Å². The Bertz CT molecular complexity index is 1160. The molecule has 2 N–H and O–H groups in total. The molecule has 2 atom stereocenters. The van der Waals surface area contributed by atoms with E-state index in [4.69, 9.17) is 16.1 Å². The molecule has 0 saturated heterocycles. The highest BCUT2D eigenvalue weighted by Gasteiger charge is 2.22. The van der Waals surface area contributed by atoms with Crippen LogP contribution < -0.4 is 10.6 Å². The van der Waals surface area contributed by atoms with Crippen molar-refractivity contribution >= 4 is 37.6 Å². The predicted molar refractivity (Wildman–Crippen MR) is 132 cm³/mol. The molecule has 33 heavy (non-hydrogen) atoms. The summed E-state index contributed by atoms with van der Waals surface area (Å²) in [7, 11) is 2.44. The fourth-order valence-corrected chi connectivity index (χ4v) is 3.90. The molecule has 8 heteroatoms. The van der Waals surface area contributed by atoms with Gasteiger partial charge < -0.3 is 14.9 Å². The van der Waals surface area contributed by atoms with Crippen LogP contribution in [0.25, 0.3) is 5.57 Å². The lowest BCUT2D eigenvalue weighted by molar-refractivity contribution is 0.0944. The first-order chi connectivity index (χ1) is 15.8. The Morgan fingerprint density at radius 2 is 2.09 bits per heavy atom. The summed E-state index contributed by atoms with van der Waals surface area (Å²) >= 11 is 6.19. The maximum Gasteiger partial charge on any atom is 0.273 e. The average molecular weight is 489 g/mol. The highest BCUT2D eigenvalue weighted by Crippen LogP contribution is 2.27. The van der Waals surface area contributed by atoms with E-state index in [1.165, 1.54) is 18.2 Å². The lowest BCUT2D eigenvalue weighted by Crippen LogP contribution is -2.25. The van der Waals surface area contributed by atoms with Gasteiger partial charge in [0.1, 0.15) is 11.9 Å². The summed E-state index contributed by atoms with van der Waals surface area (Å²) in [5.74, 6) is -1.01. The molecule has 0 aliphatic heterocycles. The third-order valence-corrected chi connectivity index (χ3v) is 5.84. The molecular formula is C25H27ClFN2O3P. The molecule has 0 aliphatic carbocycles. The van der Waals surface area contributed by atoms with E-state index in [1.807, 2.05) is 25.1 Å². The Kier molecular flexibility index (Phi) is 8.79. The summed E-state index contributed by atoms with van der Waals surface area (Å²) < 4.78 is 19.2. The van der Waals surface area contributed by atoms with E-state index < -0.39 is 17.8 Å². The molecule has 0 spiro atoms. The summed E-state index contributed by atoms with van der Waals surface area (Å²) in [6.07, 6.45) is 3.36. The standard InChI is InChI=1S/C25H27ClFN2O3P/c1-3-4-5-16(19-12-17(26)7-6-15(19)2)10-11-28-25(31)22-14-23(32-29-22)24(30)20-13-18(33)8-9-21(20)27/h5-9,12-14,24,30H,3-4,10-11,33H2,1-2H3,(H,28,31)/b16-5-.